The van der Waals surface area contributed by atoms with Crippen LogP contribution in [0.4, 0.5) is 5.69 Å². The molecule has 5 heteroatoms. The fraction of sp³-hybridized carbons (Fsp3) is 0.200. The largest absolute Gasteiger partial charge is 0.492 e. The third-order valence-corrected chi connectivity index (χ3v) is 2.81. The number of nitrogens with zero attached hydrogens (tertiary/aromatic N) is 1. The van der Waals surface area contributed by atoms with E-state index in [-0.39, 0.29) is 0 Å². The summed E-state index contributed by atoms with van der Waals surface area (Å²) >= 11 is 0. The minimum atomic E-state index is -0.462. The van der Waals surface area contributed by atoms with Crippen molar-refractivity contribution in [2.75, 3.05) is 19.5 Å². The number of aromatic nitrogens is 1. The van der Waals surface area contributed by atoms with E-state index in [9.17, 15) is 4.79 Å². The smallest absolute Gasteiger partial charge is 0.341 e. The Morgan fingerprint density at radius 1 is 1.25 bits per heavy atom. The molecule has 0 aliphatic heterocycles. The van der Waals surface area contributed by atoms with E-state index in [0.29, 0.717) is 23.6 Å². The molecule has 0 bridgehead atoms. The molecule has 0 amide bonds. The minimum Gasteiger partial charge on any atom is -0.492 e. The minimum absolute atomic E-state index is 0.335. The highest BCUT2D eigenvalue weighted by molar-refractivity contribution is 5.93. The highest BCUT2D eigenvalue weighted by Crippen LogP contribution is 2.22. The van der Waals surface area contributed by atoms with Crippen molar-refractivity contribution in [1.29, 1.82) is 0 Å². The third-order valence-electron chi connectivity index (χ3n) is 2.81. The number of methoxy groups -OCH3 is 1. The molecule has 0 unspecified atom stereocenters. The Morgan fingerprint density at radius 2 is 2.00 bits per heavy atom. The van der Waals surface area contributed by atoms with Gasteiger partial charge in [-0.05, 0) is 35.9 Å². The molecule has 2 N–H and O–H groups in total. The Hall–Kier alpha value is -2.56. The Balaban J connectivity index is 2.04. The maximum absolute atomic E-state index is 11.7. The summed E-state index contributed by atoms with van der Waals surface area (Å²) in [6, 6.07) is 8.76. The van der Waals surface area contributed by atoms with Crippen molar-refractivity contribution in [3.8, 4) is 5.75 Å². The fourth-order valence-corrected chi connectivity index (χ4v) is 1.77. The monoisotopic (exact) mass is 272 g/mol. The first-order chi connectivity index (χ1) is 9.70. The number of rotatable bonds is 5. The molecule has 5 nitrogen and oxygen atoms in total. The zero-order chi connectivity index (χ0) is 14.4. The van der Waals surface area contributed by atoms with Crippen LogP contribution in [0.5, 0.6) is 5.75 Å². The van der Waals surface area contributed by atoms with Crippen molar-refractivity contribution in [1.82, 2.24) is 4.98 Å². The number of carbonyl (C=O) groups excluding carboxylic acids is 1. The average molecular weight is 272 g/mol. The summed E-state index contributed by atoms with van der Waals surface area (Å²) in [5.74, 6) is 0.0105. The van der Waals surface area contributed by atoms with E-state index in [1.165, 1.54) is 7.11 Å². The zero-order valence-electron chi connectivity index (χ0n) is 11.2. The van der Waals surface area contributed by atoms with Gasteiger partial charge >= 0.3 is 5.97 Å². The van der Waals surface area contributed by atoms with Gasteiger partial charge in [0, 0.05) is 24.5 Å². The predicted molar refractivity (Wildman–Crippen MR) is 75.6 cm³/mol. The second-order valence-electron chi connectivity index (χ2n) is 4.20. The molecular formula is C15H16N2O3. The van der Waals surface area contributed by atoms with Gasteiger partial charge in [0.25, 0.3) is 0 Å². The highest BCUT2D eigenvalue weighted by atomic mass is 16.5. The molecule has 0 saturated heterocycles. The van der Waals surface area contributed by atoms with Gasteiger partial charge in [-0.3, -0.25) is 4.98 Å². The molecule has 1 aromatic carbocycles. The lowest BCUT2D eigenvalue weighted by Gasteiger charge is -2.11. The maximum Gasteiger partial charge on any atom is 0.341 e. The van der Waals surface area contributed by atoms with Crippen LogP contribution in [0.2, 0.25) is 0 Å². The van der Waals surface area contributed by atoms with Crippen molar-refractivity contribution < 1.29 is 14.3 Å². The Bertz CT molecular complexity index is 585. The zero-order valence-corrected chi connectivity index (χ0v) is 11.2. The van der Waals surface area contributed by atoms with Crippen LogP contribution in [0.3, 0.4) is 0 Å². The van der Waals surface area contributed by atoms with E-state index in [1.807, 2.05) is 12.1 Å². The van der Waals surface area contributed by atoms with Gasteiger partial charge in [0.15, 0.2) is 0 Å². The van der Waals surface area contributed by atoms with Crippen molar-refractivity contribution >= 4 is 11.7 Å². The molecule has 1 heterocycles. The van der Waals surface area contributed by atoms with Gasteiger partial charge in [-0.2, -0.15) is 0 Å². The van der Waals surface area contributed by atoms with Gasteiger partial charge in [-0.15, -0.1) is 0 Å². The SMILES string of the molecule is COC(=O)c1cc(N)ccc1OCCc1ccncc1. The number of nitrogen functional groups attached to an aromatic ring is 1. The summed E-state index contributed by atoms with van der Waals surface area (Å²) in [7, 11) is 1.33. The fourth-order valence-electron chi connectivity index (χ4n) is 1.77. The summed E-state index contributed by atoms with van der Waals surface area (Å²) in [6.45, 7) is 0.456. The van der Waals surface area contributed by atoms with Crippen LogP contribution < -0.4 is 10.5 Å². The maximum atomic E-state index is 11.7. The molecule has 0 aliphatic carbocycles. The van der Waals surface area contributed by atoms with Crippen LogP contribution in [-0.4, -0.2) is 24.7 Å². The number of hydrogen-bond donors (Lipinski definition) is 1. The molecule has 0 aliphatic rings. The number of anilines is 1. The van der Waals surface area contributed by atoms with Gasteiger partial charge in [0.1, 0.15) is 11.3 Å². The van der Waals surface area contributed by atoms with Crippen LogP contribution in [0.1, 0.15) is 15.9 Å². The molecule has 0 radical (unpaired) electrons. The first kappa shape index (κ1) is 13.9. The molecule has 0 spiro atoms. The predicted octanol–water partition coefficient (Wildman–Crippen LogP) is 2.07. The van der Waals surface area contributed by atoms with Crippen molar-refractivity contribution in [3.05, 3.63) is 53.9 Å². The van der Waals surface area contributed by atoms with Gasteiger partial charge in [0.2, 0.25) is 0 Å². The Labute approximate surface area is 117 Å². The lowest BCUT2D eigenvalue weighted by atomic mass is 10.1. The first-order valence-electron chi connectivity index (χ1n) is 6.20. The van der Waals surface area contributed by atoms with Gasteiger partial charge in [0.05, 0.1) is 13.7 Å². The van der Waals surface area contributed by atoms with Crippen molar-refractivity contribution in [3.63, 3.8) is 0 Å². The van der Waals surface area contributed by atoms with Crippen LogP contribution in [-0.2, 0) is 11.2 Å². The number of esters is 1. The number of ether oxygens (including phenoxy) is 2. The normalized spacial score (nSPS) is 10.1. The van der Waals surface area contributed by atoms with E-state index in [4.69, 9.17) is 15.2 Å². The lowest BCUT2D eigenvalue weighted by Crippen LogP contribution is -2.08. The van der Waals surface area contributed by atoms with Gasteiger partial charge in [-0.25, -0.2) is 4.79 Å². The summed E-state index contributed by atoms with van der Waals surface area (Å²) < 4.78 is 10.4. The molecule has 1 aromatic heterocycles. The summed E-state index contributed by atoms with van der Waals surface area (Å²) in [6.07, 6.45) is 4.20. The second-order valence-corrected chi connectivity index (χ2v) is 4.20. The van der Waals surface area contributed by atoms with Crippen LogP contribution in [0.25, 0.3) is 0 Å². The highest BCUT2D eigenvalue weighted by Gasteiger charge is 2.13. The molecule has 20 heavy (non-hydrogen) atoms. The summed E-state index contributed by atoms with van der Waals surface area (Å²) in [5.41, 5.74) is 7.62. The molecule has 0 fully saturated rings. The molecule has 0 saturated carbocycles. The van der Waals surface area contributed by atoms with Crippen LogP contribution in [0, 0.1) is 0 Å². The van der Waals surface area contributed by atoms with E-state index in [2.05, 4.69) is 4.98 Å². The van der Waals surface area contributed by atoms with Gasteiger partial charge in [-0.1, -0.05) is 0 Å². The number of nitrogens with two attached hydrogens (primary N) is 1. The summed E-state index contributed by atoms with van der Waals surface area (Å²) in [4.78, 5) is 15.6. The Morgan fingerprint density at radius 3 is 2.70 bits per heavy atom. The molecular weight excluding hydrogens is 256 g/mol. The quantitative estimate of drug-likeness (QED) is 0.666. The van der Waals surface area contributed by atoms with Crippen LogP contribution >= 0.6 is 0 Å². The molecule has 2 aromatic rings. The van der Waals surface area contributed by atoms with E-state index in [1.54, 1.807) is 30.6 Å². The number of carbonyl (C=O) groups is 1. The number of pyridine rings is 1. The molecule has 0 atom stereocenters. The number of benzene rings is 1. The van der Waals surface area contributed by atoms with Gasteiger partial charge < -0.3 is 15.2 Å². The summed E-state index contributed by atoms with van der Waals surface area (Å²) in [5, 5.41) is 0. The Kier molecular flexibility index (Phi) is 4.55. The first-order valence-corrected chi connectivity index (χ1v) is 6.20. The average Bonchev–Trinajstić information content (AvgIpc) is 2.49. The third kappa shape index (κ3) is 3.47. The lowest BCUT2D eigenvalue weighted by molar-refractivity contribution is 0.0596. The van der Waals surface area contributed by atoms with Crippen molar-refractivity contribution in [2.24, 2.45) is 0 Å². The second kappa shape index (κ2) is 6.56. The van der Waals surface area contributed by atoms with E-state index < -0.39 is 5.97 Å². The topological polar surface area (TPSA) is 74.4 Å². The van der Waals surface area contributed by atoms with Crippen LogP contribution in [0.15, 0.2) is 42.7 Å². The van der Waals surface area contributed by atoms with E-state index >= 15 is 0 Å². The standard InChI is InChI=1S/C15H16N2O3/c1-19-15(18)13-10-12(16)2-3-14(13)20-9-6-11-4-7-17-8-5-11/h2-5,7-8,10H,6,9,16H2,1H3. The molecule has 2 rings (SSSR count). The molecule has 104 valence electrons. The van der Waals surface area contributed by atoms with Crippen molar-refractivity contribution in [2.45, 2.75) is 6.42 Å². The van der Waals surface area contributed by atoms with E-state index in [0.717, 1.165) is 12.0 Å². The number of hydrogen-bond acceptors (Lipinski definition) is 5.